The highest BCUT2D eigenvalue weighted by Crippen LogP contribution is 2.10. The highest BCUT2D eigenvalue weighted by Gasteiger charge is 2.04. The Morgan fingerprint density at radius 2 is 2.00 bits per heavy atom. The lowest BCUT2D eigenvalue weighted by atomic mass is 10.1. The molecule has 0 aliphatic rings. The van der Waals surface area contributed by atoms with E-state index in [0.29, 0.717) is 24.2 Å². The van der Waals surface area contributed by atoms with Crippen LogP contribution in [0.15, 0.2) is 36.9 Å². The average molecular weight is 258 g/mol. The van der Waals surface area contributed by atoms with Crippen LogP contribution in [0.5, 0.6) is 0 Å². The van der Waals surface area contributed by atoms with Gasteiger partial charge in [-0.25, -0.2) is 4.98 Å². The lowest BCUT2D eigenvalue weighted by Crippen LogP contribution is -2.14. The minimum atomic E-state index is -0.105. The van der Waals surface area contributed by atoms with Gasteiger partial charge in [0.05, 0.1) is 6.54 Å². The molecule has 6 nitrogen and oxygen atoms in total. The zero-order valence-corrected chi connectivity index (χ0v) is 10.5. The van der Waals surface area contributed by atoms with Gasteiger partial charge in [0.25, 0.3) is 0 Å². The van der Waals surface area contributed by atoms with Gasteiger partial charge in [-0.05, 0) is 31.2 Å². The maximum absolute atomic E-state index is 11.7. The molecule has 6 heteroatoms. The lowest BCUT2D eigenvalue weighted by Gasteiger charge is -2.05. The molecule has 0 fully saturated rings. The number of aromatic nitrogens is 3. The number of benzene rings is 1. The van der Waals surface area contributed by atoms with Crippen LogP contribution < -0.4 is 5.32 Å². The number of hydrogen-bond acceptors (Lipinski definition) is 4. The molecule has 0 bridgehead atoms. The van der Waals surface area contributed by atoms with Gasteiger partial charge < -0.3 is 5.32 Å². The summed E-state index contributed by atoms with van der Waals surface area (Å²) in [5, 5.41) is 6.67. The Hall–Kier alpha value is -2.50. The SMILES string of the molecule is CC(=O)c1ccc(NC(=O)CCn2cncn2)cc1. The van der Waals surface area contributed by atoms with E-state index >= 15 is 0 Å². The summed E-state index contributed by atoms with van der Waals surface area (Å²) in [5.74, 6) is -0.102. The number of nitrogens with one attached hydrogen (secondary N) is 1. The lowest BCUT2D eigenvalue weighted by molar-refractivity contribution is -0.116. The molecule has 1 aromatic heterocycles. The first kappa shape index (κ1) is 12.9. The van der Waals surface area contributed by atoms with Crippen LogP contribution in [-0.2, 0) is 11.3 Å². The summed E-state index contributed by atoms with van der Waals surface area (Å²) < 4.78 is 1.60. The third-order valence-corrected chi connectivity index (χ3v) is 2.61. The molecule has 1 aromatic carbocycles. The molecule has 0 radical (unpaired) electrons. The zero-order valence-electron chi connectivity index (χ0n) is 10.5. The van der Waals surface area contributed by atoms with Gasteiger partial charge in [0, 0.05) is 17.7 Å². The summed E-state index contributed by atoms with van der Waals surface area (Å²) in [6, 6.07) is 6.80. The number of Topliss-reactive ketones (excluding diaryl/α,β-unsaturated/α-hetero) is 1. The summed E-state index contributed by atoms with van der Waals surface area (Å²) in [4.78, 5) is 26.6. The monoisotopic (exact) mass is 258 g/mol. The molecular weight excluding hydrogens is 244 g/mol. The van der Waals surface area contributed by atoms with E-state index in [0.717, 1.165) is 0 Å². The summed E-state index contributed by atoms with van der Waals surface area (Å²) in [7, 11) is 0. The van der Waals surface area contributed by atoms with Gasteiger partial charge in [-0.15, -0.1) is 0 Å². The smallest absolute Gasteiger partial charge is 0.226 e. The van der Waals surface area contributed by atoms with Crippen molar-refractivity contribution in [1.82, 2.24) is 14.8 Å². The molecule has 1 heterocycles. The van der Waals surface area contributed by atoms with Crippen molar-refractivity contribution in [3.05, 3.63) is 42.5 Å². The van der Waals surface area contributed by atoms with E-state index < -0.39 is 0 Å². The summed E-state index contributed by atoms with van der Waals surface area (Å²) in [6.07, 6.45) is 3.31. The second-order valence-corrected chi connectivity index (χ2v) is 4.09. The standard InChI is InChI=1S/C13H14N4O2/c1-10(18)11-2-4-12(5-3-11)16-13(19)6-7-17-9-14-8-15-17/h2-5,8-9H,6-7H2,1H3,(H,16,19). The van der Waals surface area contributed by atoms with Crippen LogP contribution >= 0.6 is 0 Å². The highest BCUT2D eigenvalue weighted by atomic mass is 16.1. The molecule has 0 saturated heterocycles. The van der Waals surface area contributed by atoms with Crippen LogP contribution in [0.25, 0.3) is 0 Å². The van der Waals surface area contributed by atoms with Crippen LogP contribution in [0.2, 0.25) is 0 Å². The van der Waals surface area contributed by atoms with Crippen LogP contribution in [0.3, 0.4) is 0 Å². The van der Waals surface area contributed by atoms with Crippen molar-refractivity contribution in [1.29, 1.82) is 0 Å². The van der Waals surface area contributed by atoms with Crippen molar-refractivity contribution in [2.24, 2.45) is 0 Å². The molecule has 19 heavy (non-hydrogen) atoms. The van der Waals surface area contributed by atoms with Crippen LogP contribution in [-0.4, -0.2) is 26.5 Å². The minimum absolute atomic E-state index is 0.00376. The fraction of sp³-hybridized carbons (Fsp3) is 0.231. The Bertz CT molecular complexity index is 561. The van der Waals surface area contributed by atoms with Crippen molar-refractivity contribution >= 4 is 17.4 Å². The Balaban J connectivity index is 1.86. The molecule has 0 aliphatic carbocycles. The van der Waals surface area contributed by atoms with E-state index in [1.807, 2.05) is 0 Å². The quantitative estimate of drug-likeness (QED) is 0.825. The third kappa shape index (κ3) is 3.74. The van der Waals surface area contributed by atoms with E-state index in [9.17, 15) is 9.59 Å². The number of ketones is 1. The largest absolute Gasteiger partial charge is 0.326 e. The number of carbonyl (C=O) groups is 2. The Labute approximate surface area is 110 Å². The van der Waals surface area contributed by atoms with Gasteiger partial charge in [0.2, 0.25) is 5.91 Å². The molecule has 2 aromatic rings. The predicted molar refractivity (Wildman–Crippen MR) is 69.7 cm³/mol. The Morgan fingerprint density at radius 3 is 2.58 bits per heavy atom. The second-order valence-electron chi connectivity index (χ2n) is 4.09. The molecule has 0 saturated carbocycles. The van der Waals surface area contributed by atoms with E-state index in [2.05, 4.69) is 15.4 Å². The zero-order chi connectivity index (χ0) is 13.7. The first-order valence-corrected chi connectivity index (χ1v) is 5.88. The molecule has 1 N–H and O–H groups in total. The van der Waals surface area contributed by atoms with Crippen molar-refractivity contribution in [2.75, 3.05) is 5.32 Å². The molecule has 1 amide bonds. The number of nitrogens with zero attached hydrogens (tertiary/aromatic N) is 3. The maximum atomic E-state index is 11.7. The number of amides is 1. The number of hydrogen-bond donors (Lipinski definition) is 1. The molecule has 2 rings (SSSR count). The number of carbonyl (C=O) groups excluding carboxylic acids is 2. The van der Waals surface area contributed by atoms with Crippen molar-refractivity contribution in [3.63, 3.8) is 0 Å². The summed E-state index contributed by atoms with van der Waals surface area (Å²) in [6.45, 7) is 1.99. The Kier molecular flexibility index (Phi) is 4.02. The van der Waals surface area contributed by atoms with Gasteiger partial charge in [0.1, 0.15) is 12.7 Å². The first-order chi connectivity index (χ1) is 9.15. The molecule has 0 spiro atoms. The van der Waals surface area contributed by atoms with Crippen LogP contribution in [0.4, 0.5) is 5.69 Å². The predicted octanol–water partition coefficient (Wildman–Crippen LogP) is 1.51. The third-order valence-electron chi connectivity index (χ3n) is 2.61. The van der Waals surface area contributed by atoms with Gasteiger partial charge in [-0.3, -0.25) is 14.3 Å². The molecular formula is C13H14N4O2. The topological polar surface area (TPSA) is 76.9 Å². The summed E-state index contributed by atoms with van der Waals surface area (Å²) >= 11 is 0. The van der Waals surface area contributed by atoms with E-state index in [1.54, 1.807) is 35.3 Å². The van der Waals surface area contributed by atoms with E-state index in [-0.39, 0.29) is 11.7 Å². The fourth-order valence-electron chi connectivity index (χ4n) is 1.58. The molecule has 0 aliphatic heterocycles. The van der Waals surface area contributed by atoms with Crippen molar-refractivity contribution in [3.8, 4) is 0 Å². The molecule has 0 atom stereocenters. The normalized spacial score (nSPS) is 10.2. The maximum Gasteiger partial charge on any atom is 0.226 e. The average Bonchev–Trinajstić information content (AvgIpc) is 2.90. The Morgan fingerprint density at radius 1 is 1.26 bits per heavy atom. The molecule has 0 unspecified atom stereocenters. The van der Waals surface area contributed by atoms with Crippen molar-refractivity contribution < 1.29 is 9.59 Å². The van der Waals surface area contributed by atoms with Gasteiger partial charge in [0.15, 0.2) is 5.78 Å². The first-order valence-electron chi connectivity index (χ1n) is 5.88. The van der Waals surface area contributed by atoms with Crippen LogP contribution in [0, 0.1) is 0 Å². The van der Waals surface area contributed by atoms with Gasteiger partial charge >= 0.3 is 0 Å². The number of anilines is 1. The van der Waals surface area contributed by atoms with Crippen LogP contribution in [0.1, 0.15) is 23.7 Å². The van der Waals surface area contributed by atoms with Gasteiger partial charge in [-0.1, -0.05) is 0 Å². The highest BCUT2D eigenvalue weighted by molar-refractivity contribution is 5.95. The van der Waals surface area contributed by atoms with Crippen molar-refractivity contribution in [2.45, 2.75) is 19.9 Å². The van der Waals surface area contributed by atoms with E-state index in [4.69, 9.17) is 0 Å². The second kappa shape index (κ2) is 5.90. The number of rotatable bonds is 5. The number of aryl methyl sites for hydroxylation is 1. The fourth-order valence-corrected chi connectivity index (χ4v) is 1.58. The minimum Gasteiger partial charge on any atom is -0.326 e. The van der Waals surface area contributed by atoms with E-state index in [1.165, 1.54) is 13.3 Å². The molecule has 98 valence electrons. The summed E-state index contributed by atoms with van der Waals surface area (Å²) in [5.41, 5.74) is 1.30. The van der Waals surface area contributed by atoms with Gasteiger partial charge in [-0.2, -0.15) is 5.10 Å².